The molecule has 0 saturated carbocycles. The van der Waals surface area contributed by atoms with Crippen molar-refractivity contribution in [1.82, 2.24) is 19.8 Å². The van der Waals surface area contributed by atoms with Crippen LogP contribution in [0.25, 0.3) is 17.1 Å². The SMILES string of the molecule is NC1=N/C(=C\c2c[nH]c3ncccc23)C(=O)N1CCCN1CCOCC1. The Bertz CT molecular complexity index is 865. The molecule has 0 atom stereocenters. The first-order valence-electron chi connectivity index (χ1n) is 8.82. The minimum absolute atomic E-state index is 0.150. The molecule has 2 aromatic rings. The van der Waals surface area contributed by atoms with Gasteiger partial charge in [-0.25, -0.2) is 9.98 Å². The second-order valence-corrected chi connectivity index (χ2v) is 6.41. The van der Waals surface area contributed by atoms with Crippen molar-refractivity contribution in [2.45, 2.75) is 6.42 Å². The highest BCUT2D eigenvalue weighted by Gasteiger charge is 2.28. The molecule has 136 valence electrons. The highest BCUT2D eigenvalue weighted by Crippen LogP contribution is 2.22. The number of fused-ring (bicyclic) bond motifs is 1. The third-order valence-electron chi connectivity index (χ3n) is 4.71. The Morgan fingerprint density at radius 3 is 3.00 bits per heavy atom. The summed E-state index contributed by atoms with van der Waals surface area (Å²) in [5, 5.41) is 0.951. The lowest BCUT2D eigenvalue weighted by molar-refractivity contribution is -0.122. The van der Waals surface area contributed by atoms with Crippen LogP contribution >= 0.6 is 0 Å². The number of aromatic nitrogens is 2. The summed E-state index contributed by atoms with van der Waals surface area (Å²) in [7, 11) is 0. The highest BCUT2D eigenvalue weighted by atomic mass is 16.5. The first kappa shape index (κ1) is 16.7. The van der Waals surface area contributed by atoms with Gasteiger partial charge in [0, 0.05) is 49.5 Å². The number of ether oxygens (including phenoxy) is 1. The zero-order valence-electron chi connectivity index (χ0n) is 14.5. The van der Waals surface area contributed by atoms with Gasteiger partial charge in [0.05, 0.1) is 13.2 Å². The van der Waals surface area contributed by atoms with Gasteiger partial charge in [0.25, 0.3) is 5.91 Å². The number of hydrogen-bond acceptors (Lipinski definition) is 6. The lowest BCUT2D eigenvalue weighted by atomic mass is 10.2. The van der Waals surface area contributed by atoms with E-state index in [1.165, 1.54) is 0 Å². The first-order chi connectivity index (χ1) is 12.7. The second-order valence-electron chi connectivity index (χ2n) is 6.41. The number of carbonyl (C=O) groups is 1. The van der Waals surface area contributed by atoms with E-state index in [0.717, 1.165) is 55.9 Å². The molecule has 0 aromatic carbocycles. The summed E-state index contributed by atoms with van der Waals surface area (Å²) in [5.74, 6) is 0.115. The zero-order valence-corrected chi connectivity index (χ0v) is 14.5. The van der Waals surface area contributed by atoms with E-state index in [-0.39, 0.29) is 11.9 Å². The van der Waals surface area contributed by atoms with Gasteiger partial charge in [-0.15, -0.1) is 0 Å². The standard InChI is InChI=1S/C18H22N6O2/c19-18-22-15(11-13-12-21-16-14(13)3-1-4-20-16)17(25)24(18)6-2-5-23-7-9-26-10-8-23/h1,3-4,11-12H,2,5-10H2,(H2,19,22)(H,20,21)/b15-11-. The number of amides is 1. The fourth-order valence-electron chi connectivity index (χ4n) is 3.31. The van der Waals surface area contributed by atoms with Crippen LogP contribution in [0, 0.1) is 0 Å². The first-order valence-corrected chi connectivity index (χ1v) is 8.82. The number of guanidine groups is 1. The predicted octanol–water partition coefficient (Wildman–Crippen LogP) is 0.783. The van der Waals surface area contributed by atoms with Crippen molar-refractivity contribution in [1.29, 1.82) is 0 Å². The van der Waals surface area contributed by atoms with Gasteiger partial charge in [0.1, 0.15) is 11.3 Å². The van der Waals surface area contributed by atoms with Crippen molar-refractivity contribution in [3.63, 3.8) is 0 Å². The Hall–Kier alpha value is -2.71. The van der Waals surface area contributed by atoms with Crippen LogP contribution < -0.4 is 5.73 Å². The molecule has 1 saturated heterocycles. The number of nitrogens with two attached hydrogens (primary N) is 1. The maximum absolute atomic E-state index is 12.7. The molecular formula is C18H22N6O2. The number of morpholine rings is 1. The maximum atomic E-state index is 12.7. The van der Waals surface area contributed by atoms with Crippen LogP contribution in [-0.4, -0.2) is 71.0 Å². The molecule has 0 spiro atoms. The summed E-state index contributed by atoms with van der Waals surface area (Å²) < 4.78 is 5.35. The summed E-state index contributed by atoms with van der Waals surface area (Å²) in [4.78, 5) is 28.2. The Kier molecular flexibility index (Phi) is 4.68. The molecule has 2 aliphatic rings. The molecule has 2 aromatic heterocycles. The minimum atomic E-state index is -0.150. The van der Waals surface area contributed by atoms with E-state index >= 15 is 0 Å². The van der Waals surface area contributed by atoms with E-state index in [1.807, 2.05) is 18.3 Å². The Balaban J connectivity index is 1.42. The average Bonchev–Trinajstić information content (AvgIpc) is 3.19. The van der Waals surface area contributed by atoms with Crippen molar-refractivity contribution < 1.29 is 9.53 Å². The number of rotatable bonds is 5. The van der Waals surface area contributed by atoms with Crippen molar-refractivity contribution in [3.05, 3.63) is 35.8 Å². The van der Waals surface area contributed by atoms with Gasteiger partial charge >= 0.3 is 0 Å². The number of pyridine rings is 1. The van der Waals surface area contributed by atoms with Gasteiger partial charge in [-0.2, -0.15) is 0 Å². The van der Waals surface area contributed by atoms with E-state index in [1.54, 1.807) is 17.2 Å². The predicted molar refractivity (Wildman–Crippen MR) is 99.3 cm³/mol. The number of hydrogen-bond donors (Lipinski definition) is 2. The average molecular weight is 354 g/mol. The zero-order chi connectivity index (χ0) is 17.9. The lowest BCUT2D eigenvalue weighted by Crippen LogP contribution is -2.41. The van der Waals surface area contributed by atoms with Crippen molar-refractivity contribution in [2.75, 3.05) is 39.4 Å². The van der Waals surface area contributed by atoms with E-state index in [4.69, 9.17) is 10.5 Å². The van der Waals surface area contributed by atoms with E-state index in [9.17, 15) is 4.79 Å². The lowest BCUT2D eigenvalue weighted by Gasteiger charge is -2.27. The summed E-state index contributed by atoms with van der Waals surface area (Å²) >= 11 is 0. The molecule has 8 heteroatoms. The number of carbonyl (C=O) groups excluding carboxylic acids is 1. The molecule has 8 nitrogen and oxygen atoms in total. The highest BCUT2D eigenvalue weighted by molar-refractivity contribution is 6.13. The largest absolute Gasteiger partial charge is 0.379 e. The fraction of sp³-hybridized carbons (Fsp3) is 0.389. The Morgan fingerprint density at radius 1 is 1.31 bits per heavy atom. The van der Waals surface area contributed by atoms with Crippen LogP contribution in [0.5, 0.6) is 0 Å². The number of H-pyrrole nitrogens is 1. The fourth-order valence-corrected chi connectivity index (χ4v) is 3.31. The van der Waals surface area contributed by atoms with Gasteiger partial charge in [0.2, 0.25) is 5.96 Å². The third kappa shape index (κ3) is 3.33. The van der Waals surface area contributed by atoms with Crippen LogP contribution in [-0.2, 0) is 9.53 Å². The molecule has 0 aliphatic carbocycles. The Labute approximate surface area is 151 Å². The minimum Gasteiger partial charge on any atom is -0.379 e. The summed E-state index contributed by atoms with van der Waals surface area (Å²) in [6.45, 7) is 4.93. The molecular weight excluding hydrogens is 332 g/mol. The number of aliphatic imine (C=N–C) groups is 1. The van der Waals surface area contributed by atoms with Gasteiger partial charge in [-0.3, -0.25) is 14.6 Å². The maximum Gasteiger partial charge on any atom is 0.279 e. The molecule has 1 fully saturated rings. The topological polar surface area (TPSA) is 99.8 Å². The van der Waals surface area contributed by atoms with Crippen LogP contribution in [0.15, 0.2) is 35.2 Å². The summed E-state index contributed by atoms with van der Waals surface area (Å²) in [5.41, 5.74) is 8.00. The van der Waals surface area contributed by atoms with Crippen molar-refractivity contribution in [2.24, 2.45) is 10.7 Å². The number of nitrogens with zero attached hydrogens (tertiary/aromatic N) is 4. The quantitative estimate of drug-likeness (QED) is 0.773. The van der Waals surface area contributed by atoms with Gasteiger partial charge in [-0.1, -0.05) is 0 Å². The molecule has 1 amide bonds. The third-order valence-corrected chi connectivity index (χ3v) is 4.71. The number of aromatic amines is 1. The molecule has 2 aliphatic heterocycles. The van der Waals surface area contributed by atoms with Crippen molar-refractivity contribution >= 4 is 29.0 Å². The van der Waals surface area contributed by atoms with Gasteiger partial charge in [-0.05, 0) is 24.6 Å². The molecule has 26 heavy (non-hydrogen) atoms. The smallest absolute Gasteiger partial charge is 0.279 e. The van der Waals surface area contributed by atoms with Crippen LogP contribution in [0.1, 0.15) is 12.0 Å². The molecule has 4 heterocycles. The van der Waals surface area contributed by atoms with Crippen LogP contribution in [0.2, 0.25) is 0 Å². The summed E-state index contributed by atoms with van der Waals surface area (Å²) in [6.07, 6.45) is 6.16. The van der Waals surface area contributed by atoms with Gasteiger partial charge in [0.15, 0.2) is 0 Å². The normalized spacial score (nSPS) is 20.3. The van der Waals surface area contributed by atoms with Crippen LogP contribution in [0.4, 0.5) is 0 Å². The van der Waals surface area contributed by atoms with E-state index in [0.29, 0.717) is 12.2 Å². The number of nitrogens with one attached hydrogen (secondary N) is 1. The molecule has 4 rings (SSSR count). The molecule has 0 unspecified atom stereocenters. The Morgan fingerprint density at radius 2 is 2.15 bits per heavy atom. The van der Waals surface area contributed by atoms with E-state index in [2.05, 4.69) is 19.9 Å². The molecule has 0 bridgehead atoms. The van der Waals surface area contributed by atoms with Crippen LogP contribution in [0.3, 0.4) is 0 Å². The monoisotopic (exact) mass is 354 g/mol. The molecule has 0 radical (unpaired) electrons. The van der Waals surface area contributed by atoms with Gasteiger partial charge < -0.3 is 15.5 Å². The summed E-state index contributed by atoms with van der Waals surface area (Å²) in [6, 6.07) is 3.82. The van der Waals surface area contributed by atoms with Crippen molar-refractivity contribution in [3.8, 4) is 0 Å². The molecule has 3 N–H and O–H groups in total. The van der Waals surface area contributed by atoms with E-state index < -0.39 is 0 Å². The second kappa shape index (κ2) is 7.27.